The zero-order valence-electron chi connectivity index (χ0n) is 9.99. The Morgan fingerprint density at radius 2 is 2.06 bits per heavy atom. The molecule has 1 heterocycles. The largest absolute Gasteiger partial charge is 0.462 e. The van der Waals surface area contributed by atoms with Gasteiger partial charge in [0.25, 0.3) is 0 Å². The molecule has 1 aliphatic carbocycles. The van der Waals surface area contributed by atoms with Crippen molar-refractivity contribution in [3.63, 3.8) is 0 Å². The number of halogens is 2. The van der Waals surface area contributed by atoms with Crippen LogP contribution in [0.15, 0.2) is 12.3 Å². The Kier molecular flexibility index (Phi) is 4.84. The maximum absolute atomic E-state index is 11.8. The number of pyridine rings is 1. The van der Waals surface area contributed by atoms with Gasteiger partial charge >= 0.3 is 5.97 Å². The molecule has 1 saturated carbocycles. The molecule has 1 fully saturated rings. The van der Waals surface area contributed by atoms with E-state index in [4.69, 9.17) is 27.9 Å². The van der Waals surface area contributed by atoms with E-state index in [-0.39, 0.29) is 16.1 Å². The molecule has 0 atom stereocenters. The van der Waals surface area contributed by atoms with Crippen LogP contribution in [0.4, 0.5) is 0 Å². The lowest BCUT2D eigenvalue weighted by Crippen LogP contribution is -2.16. The molecule has 5 heteroatoms. The van der Waals surface area contributed by atoms with Crippen molar-refractivity contribution in [2.75, 3.05) is 6.61 Å². The molecule has 1 aromatic heterocycles. The van der Waals surface area contributed by atoms with Gasteiger partial charge < -0.3 is 4.74 Å². The van der Waals surface area contributed by atoms with E-state index in [1.807, 2.05) is 0 Å². The van der Waals surface area contributed by atoms with Crippen molar-refractivity contribution in [1.82, 2.24) is 4.98 Å². The fourth-order valence-electron chi connectivity index (χ4n) is 2.16. The van der Waals surface area contributed by atoms with E-state index in [1.54, 1.807) is 0 Å². The summed E-state index contributed by atoms with van der Waals surface area (Å²) < 4.78 is 5.28. The molecule has 0 aromatic carbocycles. The van der Waals surface area contributed by atoms with Gasteiger partial charge in [0.15, 0.2) is 0 Å². The van der Waals surface area contributed by atoms with Gasteiger partial charge in [-0.1, -0.05) is 42.5 Å². The fraction of sp³-hybridized carbons (Fsp3) is 0.538. The first-order valence-corrected chi connectivity index (χ1v) is 6.90. The minimum Gasteiger partial charge on any atom is -0.462 e. The Labute approximate surface area is 116 Å². The van der Waals surface area contributed by atoms with Crippen molar-refractivity contribution in [3.8, 4) is 0 Å². The summed E-state index contributed by atoms with van der Waals surface area (Å²) in [4.78, 5) is 15.6. The number of carbonyl (C=O) groups excluding carboxylic acids is 1. The van der Waals surface area contributed by atoms with E-state index in [0.717, 1.165) is 12.8 Å². The Morgan fingerprint density at radius 3 is 2.72 bits per heavy atom. The molecule has 0 amide bonds. The van der Waals surface area contributed by atoms with Crippen LogP contribution in [0.1, 0.15) is 42.5 Å². The molecule has 98 valence electrons. The summed E-state index contributed by atoms with van der Waals surface area (Å²) >= 11 is 11.5. The average molecular weight is 288 g/mol. The summed E-state index contributed by atoms with van der Waals surface area (Å²) in [6.07, 6.45) is 7.44. The molecule has 18 heavy (non-hydrogen) atoms. The highest BCUT2D eigenvalue weighted by Crippen LogP contribution is 2.24. The van der Waals surface area contributed by atoms with Crippen molar-refractivity contribution in [1.29, 1.82) is 0 Å². The van der Waals surface area contributed by atoms with Crippen molar-refractivity contribution in [3.05, 3.63) is 28.0 Å². The second-order valence-electron chi connectivity index (χ2n) is 4.60. The first-order valence-electron chi connectivity index (χ1n) is 6.15. The topological polar surface area (TPSA) is 39.2 Å². The normalized spacial score (nSPS) is 16.6. The number of carbonyl (C=O) groups is 1. The van der Waals surface area contributed by atoms with Gasteiger partial charge in [-0.2, -0.15) is 0 Å². The molecule has 1 aromatic rings. The third kappa shape index (κ3) is 3.59. The van der Waals surface area contributed by atoms with Gasteiger partial charge in [-0.3, -0.25) is 0 Å². The van der Waals surface area contributed by atoms with E-state index in [0.29, 0.717) is 18.1 Å². The highest BCUT2D eigenvalue weighted by molar-refractivity contribution is 6.41. The Balaban J connectivity index is 1.88. The number of hydrogen-bond acceptors (Lipinski definition) is 3. The number of rotatable bonds is 3. The molecule has 0 N–H and O–H groups in total. The molecule has 3 nitrogen and oxygen atoms in total. The highest BCUT2D eigenvalue weighted by atomic mass is 35.5. The van der Waals surface area contributed by atoms with Crippen LogP contribution in [0.2, 0.25) is 10.2 Å². The van der Waals surface area contributed by atoms with Gasteiger partial charge in [-0.05, 0) is 24.8 Å². The lowest BCUT2D eigenvalue weighted by atomic mass is 9.90. The predicted molar refractivity (Wildman–Crippen MR) is 71.1 cm³/mol. The zero-order chi connectivity index (χ0) is 13.0. The summed E-state index contributed by atoms with van der Waals surface area (Å²) in [6.45, 7) is 0.485. The van der Waals surface area contributed by atoms with Crippen LogP contribution in [-0.2, 0) is 4.74 Å². The first-order chi connectivity index (χ1) is 8.66. The maximum Gasteiger partial charge on any atom is 0.339 e. The summed E-state index contributed by atoms with van der Waals surface area (Å²) in [5.41, 5.74) is 0.347. The summed E-state index contributed by atoms with van der Waals surface area (Å²) in [5.74, 6) is 0.116. The van der Waals surface area contributed by atoms with Gasteiger partial charge in [-0.15, -0.1) is 0 Å². The van der Waals surface area contributed by atoms with Crippen molar-refractivity contribution >= 4 is 29.2 Å². The van der Waals surface area contributed by atoms with E-state index in [2.05, 4.69) is 4.98 Å². The van der Waals surface area contributed by atoms with Gasteiger partial charge in [0, 0.05) is 6.20 Å². The van der Waals surface area contributed by atoms with Gasteiger partial charge in [0.2, 0.25) is 0 Å². The molecule has 0 spiro atoms. The van der Waals surface area contributed by atoms with Crippen LogP contribution in [0, 0.1) is 5.92 Å². The molecule has 1 aliphatic rings. The standard InChI is InChI=1S/C13H15Cl2NO2/c14-11-6-10(7-16-12(11)15)13(17)18-8-9-4-2-1-3-5-9/h6-7,9H,1-5,8H2. The molecule has 0 saturated heterocycles. The van der Waals surface area contributed by atoms with E-state index < -0.39 is 0 Å². The number of esters is 1. The SMILES string of the molecule is O=C(OCC1CCCCC1)c1cnc(Cl)c(Cl)c1. The summed E-state index contributed by atoms with van der Waals surface area (Å²) in [7, 11) is 0. The first kappa shape index (κ1) is 13.6. The quantitative estimate of drug-likeness (QED) is 0.620. The predicted octanol–water partition coefficient (Wildman–Crippen LogP) is 4.13. The highest BCUT2D eigenvalue weighted by Gasteiger charge is 2.17. The molecular formula is C13H15Cl2NO2. The molecule has 0 unspecified atom stereocenters. The third-order valence-electron chi connectivity index (χ3n) is 3.21. The second-order valence-corrected chi connectivity index (χ2v) is 5.36. The lowest BCUT2D eigenvalue weighted by molar-refractivity contribution is 0.0410. The van der Waals surface area contributed by atoms with Crippen LogP contribution in [0.5, 0.6) is 0 Å². The fourth-order valence-corrected chi connectivity index (χ4v) is 2.43. The molecule has 0 aliphatic heterocycles. The average Bonchev–Trinajstić information content (AvgIpc) is 2.40. The van der Waals surface area contributed by atoms with Crippen LogP contribution in [0.25, 0.3) is 0 Å². The van der Waals surface area contributed by atoms with Gasteiger partial charge in [-0.25, -0.2) is 9.78 Å². The van der Waals surface area contributed by atoms with Crippen molar-refractivity contribution in [2.24, 2.45) is 5.92 Å². The van der Waals surface area contributed by atoms with Gasteiger partial charge in [0.1, 0.15) is 5.15 Å². The minimum absolute atomic E-state index is 0.195. The van der Waals surface area contributed by atoms with Crippen LogP contribution < -0.4 is 0 Å². The lowest BCUT2D eigenvalue weighted by Gasteiger charge is -2.20. The molecule has 0 radical (unpaired) electrons. The Morgan fingerprint density at radius 1 is 1.33 bits per heavy atom. The molecule has 2 rings (SSSR count). The smallest absolute Gasteiger partial charge is 0.339 e. The summed E-state index contributed by atoms with van der Waals surface area (Å²) in [6, 6.07) is 1.49. The monoisotopic (exact) mass is 287 g/mol. The van der Waals surface area contributed by atoms with Gasteiger partial charge in [0.05, 0.1) is 17.2 Å². The van der Waals surface area contributed by atoms with Crippen LogP contribution >= 0.6 is 23.2 Å². The maximum atomic E-state index is 11.8. The van der Waals surface area contributed by atoms with E-state index in [9.17, 15) is 4.79 Å². The number of ether oxygens (including phenoxy) is 1. The number of hydrogen-bond donors (Lipinski definition) is 0. The van der Waals surface area contributed by atoms with Crippen molar-refractivity contribution in [2.45, 2.75) is 32.1 Å². The zero-order valence-corrected chi connectivity index (χ0v) is 11.5. The number of nitrogens with zero attached hydrogens (tertiary/aromatic N) is 1. The van der Waals surface area contributed by atoms with Crippen LogP contribution in [0.3, 0.4) is 0 Å². The molecular weight excluding hydrogens is 273 g/mol. The van der Waals surface area contributed by atoms with Crippen molar-refractivity contribution < 1.29 is 9.53 Å². The summed E-state index contributed by atoms with van der Waals surface area (Å²) in [5, 5.41) is 0.462. The third-order valence-corrected chi connectivity index (χ3v) is 3.89. The second kappa shape index (κ2) is 6.39. The molecule has 0 bridgehead atoms. The van der Waals surface area contributed by atoms with E-state index >= 15 is 0 Å². The number of aromatic nitrogens is 1. The Bertz CT molecular complexity index is 431. The van der Waals surface area contributed by atoms with E-state index in [1.165, 1.54) is 31.5 Å². The minimum atomic E-state index is -0.383. The van der Waals surface area contributed by atoms with Crippen LogP contribution in [-0.4, -0.2) is 17.6 Å². The Hall–Kier alpha value is -0.800.